The maximum Gasteiger partial charge on any atom is 0.237 e. The van der Waals surface area contributed by atoms with Crippen LogP contribution in [-0.4, -0.2) is 39.8 Å². The summed E-state index contributed by atoms with van der Waals surface area (Å²) in [6.07, 6.45) is 0. The molecule has 1 N–H and O–H groups in total. The van der Waals surface area contributed by atoms with Crippen LogP contribution in [0.2, 0.25) is 0 Å². The topological polar surface area (TPSA) is 87.5 Å². The molecular weight excluding hydrogens is 392 g/mol. The van der Waals surface area contributed by atoms with E-state index in [0.29, 0.717) is 28.2 Å². The van der Waals surface area contributed by atoms with E-state index in [-0.39, 0.29) is 18.0 Å². The standard InChI is InChI=1S/C20H20N4O4S/c1-12(19(25)21-14-7-8-16-17(10-14)28-11-27-16)29-20-23-22-18(24(20)2)13-5-4-6-15(9-13)26-3/h4-10,12H,11H2,1-3H3,(H,21,25)/t12-/m0/s1. The van der Waals surface area contributed by atoms with Gasteiger partial charge in [0, 0.05) is 24.4 Å². The number of methoxy groups -OCH3 is 1. The van der Waals surface area contributed by atoms with Gasteiger partial charge < -0.3 is 24.1 Å². The molecule has 2 heterocycles. The number of amides is 1. The van der Waals surface area contributed by atoms with E-state index in [1.807, 2.05) is 42.8 Å². The van der Waals surface area contributed by atoms with Gasteiger partial charge in [-0.1, -0.05) is 23.9 Å². The van der Waals surface area contributed by atoms with Gasteiger partial charge in [-0.05, 0) is 31.2 Å². The number of ether oxygens (including phenoxy) is 3. The molecule has 3 aromatic rings. The van der Waals surface area contributed by atoms with Crippen LogP contribution in [0.1, 0.15) is 6.92 Å². The molecule has 0 spiro atoms. The third-order valence-electron chi connectivity index (χ3n) is 4.45. The lowest BCUT2D eigenvalue weighted by Crippen LogP contribution is -2.22. The Kier molecular flexibility index (Phi) is 5.30. The molecule has 1 aliphatic heterocycles. The first-order chi connectivity index (χ1) is 14.0. The second kappa shape index (κ2) is 8.04. The number of nitrogens with zero attached hydrogens (tertiary/aromatic N) is 3. The number of aromatic nitrogens is 3. The minimum Gasteiger partial charge on any atom is -0.497 e. The van der Waals surface area contributed by atoms with Gasteiger partial charge in [0.15, 0.2) is 22.5 Å². The first-order valence-corrected chi connectivity index (χ1v) is 9.84. The van der Waals surface area contributed by atoms with Crippen molar-refractivity contribution in [2.45, 2.75) is 17.3 Å². The van der Waals surface area contributed by atoms with E-state index in [1.54, 1.807) is 25.3 Å². The number of carbonyl (C=O) groups excluding carboxylic acids is 1. The van der Waals surface area contributed by atoms with Crippen molar-refractivity contribution in [3.63, 3.8) is 0 Å². The lowest BCUT2D eigenvalue weighted by Gasteiger charge is -2.12. The molecule has 0 saturated carbocycles. The number of anilines is 1. The predicted molar refractivity (Wildman–Crippen MR) is 110 cm³/mol. The summed E-state index contributed by atoms with van der Waals surface area (Å²) >= 11 is 1.34. The lowest BCUT2D eigenvalue weighted by molar-refractivity contribution is -0.115. The summed E-state index contributed by atoms with van der Waals surface area (Å²) in [6.45, 7) is 2.02. The minimum atomic E-state index is -0.374. The van der Waals surface area contributed by atoms with Gasteiger partial charge >= 0.3 is 0 Å². The Hall–Kier alpha value is -3.20. The molecule has 1 atom stereocenters. The summed E-state index contributed by atoms with van der Waals surface area (Å²) in [5.74, 6) is 2.61. The van der Waals surface area contributed by atoms with Crippen LogP contribution in [0.5, 0.6) is 17.2 Å². The highest BCUT2D eigenvalue weighted by Crippen LogP contribution is 2.34. The van der Waals surface area contributed by atoms with Crippen molar-refractivity contribution in [3.8, 4) is 28.6 Å². The van der Waals surface area contributed by atoms with Crippen LogP contribution in [-0.2, 0) is 11.8 Å². The summed E-state index contributed by atoms with van der Waals surface area (Å²) in [4.78, 5) is 12.6. The van der Waals surface area contributed by atoms with Crippen LogP contribution in [0.3, 0.4) is 0 Å². The molecule has 0 unspecified atom stereocenters. The number of hydrogen-bond donors (Lipinski definition) is 1. The molecule has 0 aliphatic carbocycles. The van der Waals surface area contributed by atoms with Gasteiger partial charge in [-0.2, -0.15) is 0 Å². The fourth-order valence-electron chi connectivity index (χ4n) is 2.86. The molecule has 29 heavy (non-hydrogen) atoms. The molecule has 2 aromatic carbocycles. The number of thioether (sulfide) groups is 1. The van der Waals surface area contributed by atoms with E-state index < -0.39 is 0 Å². The van der Waals surface area contributed by atoms with Crippen LogP contribution in [0.4, 0.5) is 5.69 Å². The molecule has 1 amide bonds. The Balaban J connectivity index is 1.45. The molecule has 1 aromatic heterocycles. The molecule has 0 bridgehead atoms. The van der Waals surface area contributed by atoms with Crippen molar-refractivity contribution in [1.82, 2.24) is 14.8 Å². The molecule has 1 aliphatic rings. The average Bonchev–Trinajstić information content (AvgIpc) is 3.34. The first-order valence-electron chi connectivity index (χ1n) is 8.96. The number of rotatable bonds is 6. The van der Waals surface area contributed by atoms with Crippen LogP contribution >= 0.6 is 11.8 Å². The van der Waals surface area contributed by atoms with E-state index in [2.05, 4.69) is 15.5 Å². The Morgan fingerprint density at radius 1 is 1.21 bits per heavy atom. The lowest BCUT2D eigenvalue weighted by atomic mass is 10.2. The maximum atomic E-state index is 12.6. The Morgan fingerprint density at radius 2 is 2.03 bits per heavy atom. The number of carbonyl (C=O) groups is 1. The van der Waals surface area contributed by atoms with Crippen LogP contribution in [0.15, 0.2) is 47.6 Å². The molecule has 150 valence electrons. The number of hydrogen-bond acceptors (Lipinski definition) is 7. The number of fused-ring (bicyclic) bond motifs is 1. The quantitative estimate of drug-likeness (QED) is 0.621. The highest BCUT2D eigenvalue weighted by atomic mass is 32.2. The smallest absolute Gasteiger partial charge is 0.237 e. The van der Waals surface area contributed by atoms with E-state index in [4.69, 9.17) is 14.2 Å². The zero-order valence-electron chi connectivity index (χ0n) is 16.2. The van der Waals surface area contributed by atoms with E-state index in [9.17, 15) is 4.79 Å². The van der Waals surface area contributed by atoms with Gasteiger partial charge in [0.25, 0.3) is 0 Å². The summed E-state index contributed by atoms with van der Waals surface area (Å²) in [7, 11) is 3.50. The van der Waals surface area contributed by atoms with Gasteiger partial charge in [0.2, 0.25) is 12.7 Å². The summed E-state index contributed by atoms with van der Waals surface area (Å²) < 4.78 is 17.8. The zero-order valence-corrected chi connectivity index (χ0v) is 17.0. The first kappa shape index (κ1) is 19.1. The largest absolute Gasteiger partial charge is 0.497 e. The van der Waals surface area contributed by atoms with E-state index >= 15 is 0 Å². The van der Waals surface area contributed by atoms with Gasteiger partial charge in [0.1, 0.15) is 5.75 Å². The Morgan fingerprint density at radius 3 is 2.86 bits per heavy atom. The number of benzene rings is 2. The normalized spacial score (nSPS) is 13.2. The van der Waals surface area contributed by atoms with Gasteiger partial charge in [-0.25, -0.2) is 0 Å². The molecule has 0 radical (unpaired) electrons. The molecule has 9 heteroatoms. The Labute approximate surface area is 172 Å². The Bertz CT molecular complexity index is 1050. The molecule has 8 nitrogen and oxygen atoms in total. The van der Waals surface area contributed by atoms with Crippen molar-refractivity contribution < 1.29 is 19.0 Å². The minimum absolute atomic E-state index is 0.139. The summed E-state index contributed by atoms with van der Waals surface area (Å²) in [6, 6.07) is 12.9. The monoisotopic (exact) mass is 412 g/mol. The van der Waals surface area contributed by atoms with Gasteiger partial charge in [0.05, 0.1) is 12.4 Å². The summed E-state index contributed by atoms with van der Waals surface area (Å²) in [5.41, 5.74) is 1.55. The highest BCUT2D eigenvalue weighted by molar-refractivity contribution is 8.00. The van der Waals surface area contributed by atoms with Gasteiger partial charge in [-0.15, -0.1) is 10.2 Å². The van der Waals surface area contributed by atoms with Crippen LogP contribution < -0.4 is 19.5 Å². The molecule has 0 fully saturated rings. The van der Waals surface area contributed by atoms with Gasteiger partial charge in [-0.3, -0.25) is 4.79 Å². The number of nitrogens with one attached hydrogen (secondary N) is 1. The van der Waals surface area contributed by atoms with Crippen molar-refractivity contribution in [1.29, 1.82) is 0 Å². The fraction of sp³-hybridized carbons (Fsp3) is 0.250. The highest BCUT2D eigenvalue weighted by Gasteiger charge is 2.21. The van der Waals surface area contributed by atoms with E-state index in [1.165, 1.54) is 11.8 Å². The molecule has 0 saturated heterocycles. The molecule has 4 rings (SSSR count). The third kappa shape index (κ3) is 4.00. The second-order valence-corrected chi connectivity index (χ2v) is 7.72. The average molecular weight is 412 g/mol. The van der Waals surface area contributed by atoms with Crippen molar-refractivity contribution in [2.24, 2.45) is 7.05 Å². The zero-order chi connectivity index (χ0) is 20.4. The van der Waals surface area contributed by atoms with Crippen molar-refractivity contribution in [3.05, 3.63) is 42.5 Å². The fourth-order valence-corrected chi connectivity index (χ4v) is 3.68. The second-order valence-electron chi connectivity index (χ2n) is 6.41. The maximum absolute atomic E-state index is 12.6. The van der Waals surface area contributed by atoms with E-state index in [0.717, 1.165) is 11.3 Å². The predicted octanol–water partition coefficient (Wildman–Crippen LogP) is 3.34. The van der Waals surface area contributed by atoms with Crippen molar-refractivity contribution in [2.75, 3.05) is 19.2 Å². The molecular formula is C20H20N4O4S. The SMILES string of the molecule is COc1cccc(-c2nnc(S[C@@H](C)C(=O)Nc3ccc4c(c3)OCO4)n2C)c1. The third-order valence-corrected chi connectivity index (χ3v) is 5.59. The van der Waals surface area contributed by atoms with Crippen LogP contribution in [0.25, 0.3) is 11.4 Å². The summed E-state index contributed by atoms with van der Waals surface area (Å²) in [5, 5.41) is 11.7. The van der Waals surface area contributed by atoms with Crippen molar-refractivity contribution >= 4 is 23.4 Å². The van der Waals surface area contributed by atoms with Crippen LogP contribution in [0, 0.1) is 0 Å².